The molecule has 21 heavy (non-hydrogen) atoms. The second-order valence-corrected chi connectivity index (χ2v) is 5.85. The van der Waals surface area contributed by atoms with E-state index in [2.05, 4.69) is 17.2 Å². The van der Waals surface area contributed by atoms with Crippen LogP contribution in [0.3, 0.4) is 0 Å². The van der Waals surface area contributed by atoms with Crippen LogP contribution in [-0.4, -0.2) is 17.4 Å². The SMILES string of the molecule is CCc1nc(C(C)NC(=O)C(CC)(CC)CN)cs1.Cl.Cl. The van der Waals surface area contributed by atoms with Crippen molar-refractivity contribution >= 4 is 42.1 Å². The van der Waals surface area contributed by atoms with Crippen molar-refractivity contribution in [3.63, 3.8) is 0 Å². The lowest BCUT2D eigenvalue weighted by molar-refractivity contribution is -0.131. The van der Waals surface area contributed by atoms with Crippen molar-refractivity contribution in [2.24, 2.45) is 11.1 Å². The summed E-state index contributed by atoms with van der Waals surface area (Å²) in [7, 11) is 0. The molecule has 4 nitrogen and oxygen atoms in total. The molecule has 1 heterocycles. The summed E-state index contributed by atoms with van der Waals surface area (Å²) in [5, 5.41) is 6.18. The number of hydrogen-bond donors (Lipinski definition) is 2. The van der Waals surface area contributed by atoms with Gasteiger partial charge in [0.25, 0.3) is 0 Å². The summed E-state index contributed by atoms with van der Waals surface area (Å²) in [5.41, 5.74) is 6.29. The lowest BCUT2D eigenvalue weighted by Crippen LogP contribution is -2.46. The van der Waals surface area contributed by atoms with E-state index in [4.69, 9.17) is 5.73 Å². The van der Waals surface area contributed by atoms with Crippen molar-refractivity contribution in [3.8, 4) is 0 Å². The quantitative estimate of drug-likeness (QED) is 0.786. The van der Waals surface area contributed by atoms with Crippen LogP contribution >= 0.6 is 36.2 Å². The monoisotopic (exact) mass is 355 g/mol. The lowest BCUT2D eigenvalue weighted by Gasteiger charge is -2.30. The first-order valence-electron chi connectivity index (χ1n) is 6.98. The van der Waals surface area contributed by atoms with Gasteiger partial charge in [-0.3, -0.25) is 4.79 Å². The van der Waals surface area contributed by atoms with Gasteiger partial charge in [-0.05, 0) is 26.2 Å². The van der Waals surface area contributed by atoms with Crippen LogP contribution in [-0.2, 0) is 11.2 Å². The van der Waals surface area contributed by atoms with Crippen LogP contribution in [0.15, 0.2) is 5.38 Å². The molecule has 0 aromatic carbocycles. The minimum atomic E-state index is -0.447. The van der Waals surface area contributed by atoms with Gasteiger partial charge in [-0.2, -0.15) is 0 Å². The number of rotatable bonds is 7. The molecule has 0 aliphatic carbocycles. The number of amides is 1. The van der Waals surface area contributed by atoms with Gasteiger partial charge in [0, 0.05) is 11.9 Å². The molecule has 0 aliphatic heterocycles. The van der Waals surface area contributed by atoms with Crippen molar-refractivity contribution in [2.75, 3.05) is 6.54 Å². The van der Waals surface area contributed by atoms with Crippen LogP contribution in [0, 0.1) is 5.41 Å². The molecule has 3 N–H and O–H groups in total. The zero-order valence-electron chi connectivity index (χ0n) is 13.1. The minimum absolute atomic E-state index is 0. The Labute approximate surface area is 144 Å². The average Bonchev–Trinajstić information content (AvgIpc) is 2.90. The molecule has 1 aromatic rings. The van der Waals surface area contributed by atoms with E-state index in [1.54, 1.807) is 11.3 Å². The lowest BCUT2D eigenvalue weighted by atomic mass is 9.81. The van der Waals surface area contributed by atoms with E-state index < -0.39 is 5.41 Å². The molecule has 0 spiro atoms. The second kappa shape index (κ2) is 10.4. The van der Waals surface area contributed by atoms with E-state index in [1.807, 2.05) is 26.2 Å². The van der Waals surface area contributed by atoms with Crippen LogP contribution in [0.5, 0.6) is 0 Å². The van der Waals surface area contributed by atoms with Gasteiger partial charge in [0.1, 0.15) is 0 Å². The Kier molecular flexibility index (Phi) is 11.3. The topological polar surface area (TPSA) is 68.0 Å². The molecule has 1 amide bonds. The maximum Gasteiger partial charge on any atom is 0.227 e. The van der Waals surface area contributed by atoms with E-state index >= 15 is 0 Å². The minimum Gasteiger partial charge on any atom is -0.347 e. The third-order valence-electron chi connectivity index (χ3n) is 3.89. The third-order valence-corrected chi connectivity index (χ3v) is 4.90. The summed E-state index contributed by atoms with van der Waals surface area (Å²) in [6.45, 7) is 8.46. The fraction of sp³-hybridized carbons (Fsp3) is 0.714. The first kappa shape index (κ1) is 22.9. The van der Waals surface area contributed by atoms with Crippen molar-refractivity contribution in [1.82, 2.24) is 10.3 Å². The maximum atomic E-state index is 12.4. The van der Waals surface area contributed by atoms with E-state index in [1.165, 1.54) is 0 Å². The molecule has 0 radical (unpaired) electrons. The van der Waals surface area contributed by atoms with Gasteiger partial charge in [-0.25, -0.2) is 4.98 Å². The Morgan fingerprint density at radius 1 is 1.38 bits per heavy atom. The molecule has 1 rings (SSSR count). The average molecular weight is 356 g/mol. The van der Waals surface area contributed by atoms with Gasteiger partial charge in [0.15, 0.2) is 0 Å². The molecule has 0 fully saturated rings. The van der Waals surface area contributed by atoms with E-state index in [0.717, 1.165) is 30.0 Å². The number of halogens is 2. The zero-order chi connectivity index (χ0) is 14.5. The fourth-order valence-electron chi connectivity index (χ4n) is 2.06. The number of aromatic nitrogens is 1. The number of carbonyl (C=O) groups is 1. The van der Waals surface area contributed by atoms with Crippen LogP contribution in [0.4, 0.5) is 0 Å². The summed E-state index contributed by atoms with van der Waals surface area (Å²) in [4.78, 5) is 16.9. The van der Waals surface area contributed by atoms with Gasteiger partial charge in [-0.1, -0.05) is 20.8 Å². The standard InChI is InChI=1S/C14H25N3OS.2ClH/c1-5-12-17-11(8-19-12)10(4)16-13(18)14(6-2,7-3)9-15;;/h8,10H,5-7,9,15H2,1-4H3,(H,16,18);2*1H. The van der Waals surface area contributed by atoms with Crippen LogP contribution < -0.4 is 11.1 Å². The van der Waals surface area contributed by atoms with Gasteiger partial charge in [-0.15, -0.1) is 36.2 Å². The third kappa shape index (κ3) is 5.40. The highest BCUT2D eigenvalue weighted by Crippen LogP contribution is 2.26. The Morgan fingerprint density at radius 3 is 2.33 bits per heavy atom. The van der Waals surface area contributed by atoms with E-state index in [9.17, 15) is 4.79 Å². The predicted molar refractivity (Wildman–Crippen MR) is 94.6 cm³/mol. The Morgan fingerprint density at radius 2 is 1.95 bits per heavy atom. The summed E-state index contributed by atoms with van der Waals surface area (Å²) in [6.07, 6.45) is 2.45. The fourth-order valence-corrected chi connectivity index (χ4v) is 2.90. The van der Waals surface area contributed by atoms with Crippen molar-refractivity contribution in [1.29, 1.82) is 0 Å². The number of nitrogens with two attached hydrogens (primary N) is 1. The number of nitrogens with one attached hydrogen (secondary N) is 1. The number of aryl methyl sites for hydroxylation is 1. The Bertz CT molecular complexity index is 414. The van der Waals surface area contributed by atoms with Crippen LogP contribution in [0.1, 0.15) is 57.3 Å². The molecule has 124 valence electrons. The van der Waals surface area contributed by atoms with Crippen LogP contribution in [0.25, 0.3) is 0 Å². The molecular weight excluding hydrogens is 329 g/mol. The Hall–Kier alpha value is -0.360. The number of hydrogen-bond acceptors (Lipinski definition) is 4. The van der Waals surface area contributed by atoms with Gasteiger partial charge in [0.05, 0.1) is 22.2 Å². The highest BCUT2D eigenvalue weighted by Gasteiger charge is 2.34. The smallest absolute Gasteiger partial charge is 0.227 e. The molecule has 0 bridgehead atoms. The van der Waals surface area contributed by atoms with Gasteiger partial charge < -0.3 is 11.1 Å². The predicted octanol–water partition coefficient (Wildman–Crippen LogP) is 3.49. The molecule has 7 heteroatoms. The summed E-state index contributed by atoms with van der Waals surface area (Å²) in [5.74, 6) is 0.0403. The summed E-state index contributed by atoms with van der Waals surface area (Å²) in [6, 6.07) is -0.0620. The zero-order valence-corrected chi connectivity index (χ0v) is 15.6. The van der Waals surface area contributed by atoms with E-state index in [-0.39, 0.29) is 36.8 Å². The highest BCUT2D eigenvalue weighted by molar-refractivity contribution is 7.09. The number of nitrogens with zero attached hydrogens (tertiary/aromatic N) is 1. The van der Waals surface area contributed by atoms with Crippen molar-refractivity contribution in [3.05, 3.63) is 16.1 Å². The van der Waals surface area contributed by atoms with Crippen molar-refractivity contribution in [2.45, 2.75) is 53.0 Å². The molecule has 1 unspecified atom stereocenters. The Balaban J connectivity index is 0. The second-order valence-electron chi connectivity index (χ2n) is 4.91. The van der Waals surface area contributed by atoms with Gasteiger partial charge >= 0.3 is 0 Å². The first-order chi connectivity index (χ1) is 9.02. The van der Waals surface area contributed by atoms with E-state index in [0.29, 0.717) is 6.54 Å². The summed E-state index contributed by atoms with van der Waals surface area (Å²) < 4.78 is 0. The number of thiazole rings is 1. The molecular formula is C14H27Cl2N3OS. The molecule has 0 saturated heterocycles. The highest BCUT2D eigenvalue weighted by atomic mass is 35.5. The van der Waals surface area contributed by atoms with Crippen molar-refractivity contribution < 1.29 is 4.79 Å². The maximum absolute atomic E-state index is 12.4. The first-order valence-corrected chi connectivity index (χ1v) is 7.86. The normalized spacial score (nSPS) is 12.0. The van der Waals surface area contributed by atoms with Crippen LogP contribution in [0.2, 0.25) is 0 Å². The largest absolute Gasteiger partial charge is 0.347 e. The summed E-state index contributed by atoms with van der Waals surface area (Å²) >= 11 is 1.64. The van der Waals surface area contributed by atoms with Gasteiger partial charge in [0.2, 0.25) is 5.91 Å². The molecule has 0 saturated carbocycles. The molecule has 1 aromatic heterocycles. The molecule has 0 aliphatic rings. The number of carbonyl (C=O) groups excluding carboxylic acids is 1. The molecule has 1 atom stereocenters.